The third-order valence-corrected chi connectivity index (χ3v) is 17.6. The number of nitrogens with zero attached hydrogens (tertiary/aromatic N) is 5. The van der Waals surface area contributed by atoms with E-state index in [0.717, 1.165) is 21.9 Å². The number of para-hydroxylation sites is 3. The van der Waals surface area contributed by atoms with Crippen molar-refractivity contribution in [1.82, 2.24) is 18.7 Å². The average Bonchev–Trinajstić information content (AvgIpc) is 1.48. The molecule has 466 valence electrons. The van der Waals surface area contributed by atoms with Crippen LogP contribution in [0.2, 0.25) is 0 Å². The summed E-state index contributed by atoms with van der Waals surface area (Å²) in [6, 6.07) is 31.6. The molecule has 0 unspecified atom stereocenters. The minimum Gasteiger partial charge on any atom is -0.510 e. The minimum absolute atomic E-state index is 0. The first-order valence-corrected chi connectivity index (χ1v) is 30.7. The Morgan fingerprint density at radius 3 is 1.61 bits per heavy atom. The summed E-state index contributed by atoms with van der Waals surface area (Å²) in [5.41, 5.74) is -5.57. The van der Waals surface area contributed by atoms with Crippen molar-refractivity contribution < 1.29 is 67.4 Å². The normalized spacial score (nSPS) is 16.1. The van der Waals surface area contributed by atoms with E-state index in [1.165, 1.54) is 51.6 Å². The van der Waals surface area contributed by atoms with E-state index in [1.807, 2.05) is 59.2 Å². The molecular weight excluding hydrogens is 1360 g/mol. The van der Waals surface area contributed by atoms with Crippen LogP contribution in [0.4, 0.5) is 0 Å². The van der Waals surface area contributed by atoms with Gasteiger partial charge in [-0.15, -0.1) is 29.7 Å². The molecule has 0 N–H and O–H groups in total. The molecule has 0 spiro atoms. The number of benzene rings is 13. The van der Waals surface area contributed by atoms with E-state index in [1.54, 1.807) is 71.4 Å². The molecule has 13 aromatic carbocycles. The zero-order chi connectivity index (χ0) is 87.6. The van der Waals surface area contributed by atoms with Gasteiger partial charge in [0.25, 0.3) is 6.33 Å². The molecule has 0 fully saturated rings. The van der Waals surface area contributed by atoms with Crippen LogP contribution in [-0.4, -0.2) is 18.7 Å². The SMILES string of the molecule is [2H]c1c([2H])c([2H])c(-c2c([2H])c(-c3cc4c5c(c3)n(-c3[c-]c(Oc6[c-]c7c(cc6)c6ccccc6n7-c6cc(C(C)(C)C)ccn6)ccc3)[c-][n+]5-c3c(cc(-c5c(C([2H])([2H])[2H])cccc5C([2H])([2H])[2H])cc3-n3c5ccccc5c5ccccc53)-c3c([2H])c([2H])c([2H])c([2H])c3-c3c([2H])c([2H])c([2H])c([2H])c3-4)c([2H])c(-c3c([2H])c([2H])c([2H])c([2H])c3[2H])c2[2H])c([2H])c1[2H].[Pt]. The van der Waals surface area contributed by atoms with Crippen molar-refractivity contribution in [3.8, 4) is 112 Å². The van der Waals surface area contributed by atoms with Gasteiger partial charge in [0.2, 0.25) is 0 Å². The number of pyridine rings is 1. The van der Waals surface area contributed by atoms with Crippen molar-refractivity contribution in [3.63, 3.8) is 0 Å². The van der Waals surface area contributed by atoms with Gasteiger partial charge in [0.1, 0.15) is 5.82 Å². The van der Waals surface area contributed by atoms with Crippen LogP contribution < -0.4 is 9.30 Å². The number of rotatable bonds is 9. The molecule has 0 bridgehead atoms. The van der Waals surface area contributed by atoms with Gasteiger partial charge in [-0.1, -0.05) is 214 Å². The van der Waals surface area contributed by atoms with Gasteiger partial charge in [-0.05, 0) is 191 Å². The fourth-order valence-electron chi connectivity index (χ4n) is 13.3. The van der Waals surface area contributed by atoms with Crippen molar-refractivity contribution in [2.24, 2.45) is 0 Å². The molecule has 0 atom stereocenters. The second-order valence-electron chi connectivity index (χ2n) is 24.2. The third kappa shape index (κ3) is 9.96. The topological polar surface area (TPSA) is 40.8 Å². The smallest absolute Gasteiger partial charge is 0.268 e. The predicted octanol–water partition coefficient (Wildman–Crippen LogP) is 22.6. The Morgan fingerprint density at radius 2 is 0.990 bits per heavy atom. The molecule has 6 nitrogen and oxygen atoms in total. The van der Waals surface area contributed by atoms with Gasteiger partial charge < -0.3 is 18.4 Å². The largest absolute Gasteiger partial charge is 0.510 e. The van der Waals surface area contributed by atoms with Crippen molar-refractivity contribution in [1.29, 1.82) is 0 Å². The molecule has 0 amide bonds. The van der Waals surface area contributed by atoms with E-state index in [2.05, 4.69) is 39.2 Å². The van der Waals surface area contributed by atoms with E-state index in [4.69, 9.17) is 26.2 Å². The van der Waals surface area contributed by atoms with Gasteiger partial charge >= 0.3 is 0 Å². The van der Waals surface area contributed by atoms with Crippen LogP contribution in [0, 0.1) is 32.2 Å². The van der Waals surface area contributed by atoms with Gasteiger partial charge in [0, 0.05) is 63.3 Å². The van der Waals surface area contributed by atoms with Crippen molar-refractivity contribution in [2.45, 2.75) is 39.9 Å². The van der Waals surface area contributed by atoms with Gasteiger partial charge in [0.15, 0.2) is 0 Å². The summed E-state index contributed by atoms with van der Waals surface area (Å²) in [5.74, 6) is 0.802. The second kappa shape index (κ2) is 23.5. The Bertz CT molecular complexity index is 7350. The summed E-state index contributed by atoms with van der Waals surface area (Å²) < 4.78 is 271. The van der Waals surface area contributed by atoms with Crippen LogP contribution >= 0.6 is 0 Å². The summed E-state index contributed by atoms with van der Waals surface area (Å²) in [6.45, 7) is 0.147. The van der Waals surface area contributed by atoms with Crippen LogP contribution in [0.25, 0.3) is 155 Å². The van der Waals surface area contributed by atoms with Crippen LogP contribution in [0.3, 0.4) is 0 Å². The number of aromatic nitrogens is 5. The fourth-order valence-corrected chi connectivity index (χ4v) is 13.3. The van der Waals surface area contributed by atoms with Crippen LogP contribution in [0.5, 0.6) is 11.5 Å². The molecule has 0 saturated carbocycles. The maximum Gasteiger partial charge on any atom is 0.268 e. The first kappa shape index (κ1) is 37.0. The molecule has 17 aromatic rings. The van der Waals surface area contributed by atoms with Crippen molar-refractivity contribution >= 4 is 54.6 Å². The van der Waals surface area contributed by atoms with Gasteiger partial charge in [-0.3, -0.25) is 4.57 Å². The predicted molar refractivity (Wildman–Crippen MR) is 394 cm³/mol. The van der Waals surface area contributed by atoms with Gasteiger partial charge in [0.05, 0.1) is 62.2 Å². The molecule has 1 aliphatic rings. The van der Waals surface area contributed by atoms with E-state index in [9.17, 15) is 20.6 Å². The summed E-state index contributed by atoms with van der Waals surface area (Å²) in [4.78, 5) is 4.86. The Morgan fingerprint density at radius 1 is 0.454 bits per heavy atom. The van der Waals surface area contributed by atoms with E-state index >= 15 is 0 Å². The molecule has 7 heteroatoms. The number of aryl methyl sites for hydroxylation is 2. The molecule has 18 rings (SSSR count). The summed E-state index contributed by atoms with van der Waals surface area (Å²) in [5, 5.41) is 2.97. The van der Waals surface area contributed by atoms with Crippen molar-refractivity contribution in [3.05, 3.63) is 326 Å². The fraction of sp³-hybridized carbons (Fsp3) is 0.0667. The maximum absolute atomic E-state index is 10.6. The van der Waals surface area contributed by atoms with E-state index < -0.39 is 202 Å². The quantitative estimate of drug-likeness (QED) is 0.107. The first-order chi connectivity index (χ1) is 58.2. The Balaban J connectivity index is 0.0000109. The molecular formula is C90H63N5OPt-2. The van der Waals surface area contributed by atoms with Crippen molar-refractivity contribution in [2.75, 3.05) is 0 Å². The van der Waals surface area contributed by atoms with Crippen LogP contribution in [0.15, 0.2) is 291 Å². The van der Waals surface area contributed by atoms with Crippen LogP contribution in [-0.2, 0) is 26.5 Å². The number of fused-ring (bicyclic) bond motifs is 13. The molecule has 1 aliphatic heterocycles. The van der Waals surface area contributed by atoms with Crippen LogP contribution in [0.1, 0.15) is 74.5 Å². The first-order valence-electron chi connectivity index (χ1n) is 44.2. The Hall–Kier alpha value is -11.4. The van der Waals surface area contributed by atoms with Gasteiger partial charge in [-0.25, -0.2) is 4.98 Å². The number of imidazole rings is 1. The second-order valence-corrected chi connectivity index (χ2v) is 24.2. The summed E-state index contributed by atoms with van der Waals surface area (Å²) in [6.07, 6.45) is 5.29. The Kier molecular flexibility index (Phi) is 8.96. The average molecular weight is 1450 g/mol. The molecule has 4 aromatic heterocycles. The maximum atomic E-state index is 10.6. The third-order valence-electron chi connectivity index (χ3n) is 17.6. The van der Waals surface area contributed by atoms with E-state index in [0.29, 0.717) is 33.1 Å². The minimum atomic E-state index is -3.07. The number of hydrogen-bond donors (Lipinski definition) is 0. The zero-order valence-corrected chi connectivity index (χ0v) is 53.8. The summed E-state index contributed by atoms with van der Waals surface area (Å²) in [7, 11) is 0. The number of hydrogen-bond acceptors (Lipinski definition) is 2. The molecule has 5 heterocycles. The zero-order valence-electron chi connectivity index (χ0n) is 78.5. The summed E-state index contributed by atoms with van der Waals surface area (Å²) >= 11 is 0. The molecule has 97 heavy (non-hydrogen) atoms. The molecule has 0 radical (unpaired) electrons. The van der Waals surface area contributed by atoms with Gasteiger partial charge in [-0.2, -0.15) is 18.2 Å². The molecule has 0 saturated heterocycles. The monoisotopic (exact) mass is 1450 g/mol. The standard InChI is InChI=1S/C90H63N5O.Pt/c1-57-24-22-25-58(2)87(57)65-50-79-73-35-15-13-33-71(73)70-32-12-14-34-72(70)78-49-64(63-47-61(59-26-8-6-9-27-59)46-62(48-63)60-28-10-7-11-29-60)51-84-88(78)93(89(79)85(52-65)94-80-39-19-16-36-74(80)75-37-17-20-40-81(75)94)56-92(84)67-30-23-31-68(54-67)96-69-42-43-77-76-38-18-21-41-82(76)95(83(77)55-69)86-53-66(44-45-91-86)90(3,4)5;/h6-53H,1-5H3;/q-2;/i1D3,2D3,6D,7D,8D,9D,10D,11D,12D,13D,14D,15D,26D,27D,28D,29D,32D,33D,34D,35D,46D,47D,48D;. The van der Waals surface area contributed by atoms with E-state index in [-0.39, 0.29) is 93.9 Å². The Labute approximate surface area is 616 Å². The molecule has 0 aliphatic carbocycles. The number of ether oxygens (including phenoxy) is 1.